The van der Waals surface area contributed by atoms with Crippen LogP contribution in [-0.2, 0) is 12.8 Å². The number of ether oxygens (including phenoxy) is 4. The lowest BCUT2D eigenvalue weighted by Gasteiger charge is -2.20. The van der Waals surface area contributed by atoms with Crippen molar-refractivity contribution in [1.82, 2.24) is 19.9 Å². The fraction of sp³-hybridized carbons (Fsp3) is 0.487. The van der Waals surface area contributed by atoms with Gasteiger partial charge in [0.25, 0.3) is 0 Å². The van der Waals surface area contributed by atoms with Gasteiger partial charge in [-0.05, 0) is 69.0 Å². The number of nitrogens with zero attached hydrogens (tertiary/aromatic N) is 4. The van der Waals surface area contributed by atoms with E-state index < -0.39 is 12.7 Å². The average Bonchev–Trinajstić information content (AvgIpc) is 3.17. The average molecular weight is 847 g/mol. The number of rotatable bonds is 17. The van der Waals surface area contributed by atoms with Gasteiger partial charge in [-0.15, -0.1) is 38.1 Å². The standard InChI is InChI=1S/C20H26F3N3O2S.C19H23ClF3N3O2/c1-6-12(7-2)24-18-15(8-3)25-17(19(26-18)29-5)14-10-9-13(11-16(14)27-4)28-20(21,22)23;1-5-11(6-2)24-18-14(7-3)25-16(17(20)26-18)13-9-8-12(10-15(13)27-4)28-19(21,22)23/h9-12H,6-8H2,1-5H3,(H,24,26);8-11H,5-7H2,1-4H3,(H,24,26). The molecule has 0 amide bonds. The van der Waals surface area contributed by atoms with Crippen LogP contribution >= 0.6 is 23.4 Å². The summed E-state index contributed by atoms with van der Waals surface area (Å²) in [6, 6.07) is 8.25. The lowest BCUT2D eigenvalue weighted by Crippen LogP contribution is -2.20. The zero-order valence-electron chi connectivity index (χ0n) is 33.3. The molecule has 10 nitrogen and oxygen atoms in total. The van der Waals surface area contributed by atoms with E-state index in [4.69, 9.17) is 31.0 Å². The van der Waals surface area contributed by atoms with Gasteiger partial charge in [0.15, 0.2) is 5.15 Å². The van der Waals surface area contributed by atoms with Crippen LogP contribution in [0.3, 0.4) is 0 Å². The van der Waals surface area contributed by atoms with E-state index in [-0.39, 0.29) is 34.2 Å². The van der Waals surface area contributed by atoms with Crippen LogP contribution in [-0.4, -0.2) is 65.2 Å². The molecule has 0 aliphatic rings. The van der Waals surface area contributed by atoms with Gasteiger partial charge in [-0.3, -0.25) is 0 Å². The quantitative estimate of drug-likeness (QED) is 0.0782. The Morgan fingerprint density at radius 1 is 0.632 bits per heavy atom. The second-order valence-electron chi connectivity index (χ2n) is 12.4. The Kier molecular flexibility index (Phi) is 17.6. The van der Waals surface area contributed by atoms with Gasteiger partial charge in [-0.1, -0.05) is 53.1 Å². The van der Waals surface area contributed by atoms with Crippen molar-refractivity contribution in [3.8, 4) is 45.5 Å². The van der Waals surface area contributed by atoms with E-state index in [0.29, 0.717) is 57.9 Å². The minimum absolute atomic E-state index is 0.133. The minimum Gasteiger partial charge on any atom is -0.496 e. The third-order valence-electron chi connectivity index (χ3n) is 8.70. The highest BCUT2D eigenvalue weighted by atomic mass is 35.5. The van der Waals surface area contributed by atoms with E-state index in [0.717, 1.165) is 43.3 Å². The normalized spacial score (nSPS) is 11.6. The fourth-order valence-corrected chi connectivity index (χ4v) is 6.38. The molecule has 18 heteroatoms. The number of aryl methyl sites for hydroxylation is 2. The van der Waals surface area contributed by atoms with Gasteiger partial charge in [-0.25, -0.2) is 19.9 Å². The lowest BCUT2D eigenvalue weighted by molar-refractivity contribution is -0.275. The number of hydrogen-bond acceptors (Lipinski definition) is 11. The van der Waals surface area contributed by atoms with Crippen LogP contribution in [0.25, 0.3) is 22.5 Å². The highest BCUT2D eigenvalue weighted by Crippen LogP contribution is 2.40. The first kappa shape index (κ1) is 47.0. The summed E-state index contributed by atoms with van der Waals surface area (Å²) in [5.41, 5.74) is 3.40. The molecule has 4 aromatic rings. The van der Waals surface area contributed by atoms with Crippen LogP contribution in [0.4, 0.5) is 38.0 Å². The molecule has 0 fully saturated rings. The molecule has 0 spiro atoms. The molecule has 2 N–H and O–H groups in total. The van der Waals surface area contributed by atoms with Crippen LogP contribution in [0.15, 0.2) is 41.4 Å². The molecule has 0 unspecified atom stereocenters. The lowest BCUT2D eigenvalue weighted by atomic mass is 10.1. The molecule has 0 aliphatic carbocycles. The highest BCUT2D eigenvalue weighted by molar-refractivity contribution is 7.98. The van der Waals surface area contributed by atoms with E-state index in [9.17, 15) is 26.3 Å². The van der Waals surface area contributed by atoms with Gasteiger partial charge in [-0.2, -0.15) is 0 Å². The molecular formula is C39H49ClF6N6O4S. The topological polar surface area (TPSA) is 113 Å². The maximum absolute atomic E-state index is 12.5. The van der Waals surface area contributed by atoms with Gasteiger partial charge in [0, 0.05) is 35.3 Å². The number of nitrogens with one attached hydrogen (secondary N) is 2. The largest absolute Gasteiger partial charge is 0.573 e. The Morgan fingerprint density at radius 2 is 1.04 bits per heavy atom. The molecule has 2 heterocycles. The summed E-state index contributed by atoms with van der Waals surface area (Å²) in [7, 11) is 2.74. The second-order valence-corrected chi connectivity index (χ2v) is 13.5. The summed E-state index contributed by atoms with van der Waals surface area (Å²) in [6.45, 7) is 12.3. The zero-order chi connectivity index (χ0) is 42.5. The summed E-state index contributed by atoms with van der Waals surface area (Å²) in [5, 5.41) is 7.60. The van der Waals surface area contributed by atoms with Crippen LogP contribution in [0, 0.1) is 0 Å². The molecule has 4 rings (SSSR count). The molecular weight excluding hydrogens is 798 g/mol. The van der Waals surface area contributed by atoms with Crippen molar-refractivity contribution >= 4 is 35.0 Å². The van der Waals surface area contributed by atoms with Crippen LogP contribution < -0.4 is 29.6 Å². The van der Waals surface area contributed by atoms with Crippen molar-refractivity contribution in [3.63, 3.8) is 0 Å². The highest BCUT2D eigenvalue weighted by Gasteiger charge is 2.33. The Hall–Kier alpha value is -4.38. The number of halogens is 7. The fourth-order valence-electron chi connectivity index (χ4n) is 5.62. The molecule has 0 atom stereocenters. The minimum atomic E-state index is -4.79. The van der Waals surface area contributed by atoms with Crippen molar-refractivity contribution in [3.05, 3.63) is 52.9 Å². The monoisotopic (exact) mass is 846 g/mol. The smallest absolute Gasteiger partial charge is 0.496 e. The molecule has 0 aliphatic heterocycles. The molecule has 0 saturated heterocycles. The van der Waals surface area contributed by atoms with Gasteiger partial charge in [0.2, 0.25) is 0 Å². The number of anilines is 2. The third-order valence-corrected chi connectivity index (χ3v) is 9.64. The summed E-state index contributed by atoms with van der Waals surface area (Å²) in [4.78, 5) is 18.6. The molecule has 314 valence electrons. The Bertz CT molecular complexity index is 1910. The van der Waals surface area contributed by atoms with Gasteiger partial charge in [0.05, 0.1) is 25.6 Å². The van der Waals surface area contributed by atoms with Gasteiger partial charge in [0.1, 0.15) is 51.0 Å². The molecule has 0 radical (unpaired) electrons. The van der Waals surface area contributed by atoms with E-state index in [2.05, 4.69) is 57.8 Å². The van der Waals surface area contributed by atoms with Gasteiger partial charge >= 0.3 is 12.7 Å². The Labute approximate surface area is 338 Å². The summed E-state index contributed by atoms with van der Waals surface area (Å²) in [5.74, 6) is 1.01. The SMILES string of the molecule is CCc1nc(-c2ccc(OC(F)(F)F)cc2OC)c(Cl)nc1NC(CC)CC.CCc1nc(-c2ccc(OC(F)(F)F)cc2OC)c(SC)nc1NC(CC)CC. The van der Waals surface area contributed by atoms with Crippen molar-refractivity contribution in [2.45, 2.75) is 110 Å². The van der Waals surface area contributed by atoms with Crippen molar-refractivity contribution in [1.29, 1.82) is 0 Å². The first-order chi connectivity index (χ1) is 27.0. The maximum Gasteiger partial charge on any atom is 0.573 e. The third kappa shape index (κ3) is 13.3. The first-order valence-electron chi connectivity index (χ1n) is 18.4. The summed E-state index contributed by atoms with van der Waals surface area (Å²) < 4.78 is 93.4. The predicted molar refractivity (Wildman–Crippen MR) is 213 cm³/mol. The molecule has 0 bridgehead atoms. The summed E-state index contributed by atoms with van der Waals surface area (Å²) >= 11 is 7.78. The summed E-state index contributed by atoms with van der Waals surface area (Å²) in [6.07, 6.45) is -2.63. The van der Waals surface area contributed by atoms with Crippen LogP contribution in [0.5, 0.6) is 23.0 Å². The first-order valence-corrected chi connectivity index (χ1v) is 20.0. The van der Waals surface area contributed by atoms with E-state index in [1.165, 1.54) is 56.3 Å². The number of aromatic nitrogens is 4. The van der Waals surface area contributed by atoms with Crippen LogP contribution in [0.1, 0.15) is 78.6 Å². The number of benzene rings is 2. The van der Waals surface area contributed by atoms with Crippen molar-refractivity contribution < 1.29 is 45.3 Å². The second kappa shape index (κ2) is 21.4. The van der Waals surface area contributed by atoms with Gasteiger partial charge < -0.3 is 29.6 Å². The number of hydrogen-bond donors (Lipinski definition) is 2. The number of alkyl halides is 6. The van der Waals surface area contributed by atoms with E-state index in [1.807, 2.05) is 20.1 Å². The van der Waals surface area contributed by atoms with Crippen molar-refractivity contribution in [2.75, 3.05) is 31.1 Å². The Balaban J connectivity index is 0.000000306. The van der Waals surface area contributed by atoms with Crippen molar-refractivity contribution in [2.24, 2.45) is 0 Å². The number of methoxy groups -OCH3 is 2. The van der Waals surface area contributed by atoms with E-state index >= 15 is 0 Å². The van der Waals surface area contributed by atoms with E-state index in [1.54, 1.807) is 0 Å². The maximum atomic E-state index is 12.5. The molecule has 0 saturated carbocycles. The van der Waals surface area contributed by atoms with Crippen LogP contribution in [0.2, 0.25) is 5.15 Å². The predicted octanol–water partition coefficient (Wildman–Crippen LogP) is 11.8. The zero-order valence-corrected chi connectivity index (χ0v) is 34.9. The molecule has 2 aromatic heterocycles. The number of thioether (sulfide) groups is 1. The Morgan fingerprint density at radius 3 is 1.40 bits per heavy atom. The molecule has 2 aromatic carbocycles. The molecule has 57 heavy (non-hydrogen) atoms.